The number of para-hydroxylation sites is 1. The van der Waals surface area contributed by atoms with Gasteiger partial charge in [0.25, 0.3) is 0 Å². The fourth-order valence-corrected chi connectivity index (χ4v) is 3.05. The van der Waals surface area contributed by atoms with Crippen LogP contribution in [0.3, 0.4) is 0 Å². The summed E-state index contributed by atoms with van der Waals surface area (Å²) in [5.41, 5.74) is 4.11. The summed E-state index contributed by atoms with van der Waals surface area (Å²) in [7, 11) is 0. The average Bonchev–Trinajstić information content (AvgIpc) is 2.72. The van der Waals surface area contributed by atoms with Crippen molar-refractivity contribution in [2.75, 3.05) is 0 Å². The molecule has 1 aliphatic heterocycles. The van der Waals surface area contributed by atoms with E-state index in [1.807, 2.05) is 31.2 Å². The Morgan fingerprint density at radius 2 is 1.90 bits per heavy atom. The number of H-pyrrole nitrogens is 1. The number of aryl methyl sites for hydroxylation is 1. The molecule has 2 aromatic rings. The van der Waals surface area contributed by atoms with E-state index >= 15 is 0 Å². The van der Waals surface area contributed by atoms with E-state index in [4.69, 9.17) is 0 Å². The van der Waals surface area contributed by atoms with E-state index in [-0.39, 0.29) is 11.8 Å². The third kappa shape index (κ3) is 2.11. The summed E-state index contributed by atoms with van der Waals surface area (Å²) in [6.07, 6.45) is 0. The normalized spacial score (nSPS) is 18.6. The number of amides is 2. The highest BCUT2D eigenvalue weighted by atomic mass is 16.2. The Balaban J connectivity index is 2.25. The lowest BCUT2D eigenvalue weighted by molar-refractivity contribution is -0.114. The quantitative estimate of drug-likeness (QED) is 0.792. The smallest absolute Gasteiger partial charge is 0.319 e. The second kappa shape index (κ2) is 4.77. The zero-order chi connectivity index (χ0) is 15.1. The first kappa shape index (κ1) is 13.4. The van der Waals surface area contributed by atoms with E-state index in [9.17, 15) is 9.59 Å². The summed E-state index contributed by atoms with van der Waals surface area (Å²) >= 11 is 0. The Kier molecular flexibility index (Phi) is 3.05. The largest absolute Gasteiger partial charge is 0.358 e. The summed E-state index contributed by atoms with van der Waals surface area (Å²) < 4.78 is 0. The fourth-order valence-electron chi connectivity index (χ4n) is 3.05. The highest BCUT2D eigenvalue weighted by Gasteiger charge is 2.31. The van der Waals surface area contributed by atoms with Crippen LogP contribution < -0.4 is 10.6 Å². The van der Waals surface area contributed by atoms with Crippen LogP contribution in [0, 0.1) is 6.92 Å². The van der Waals surface area contributed by atoms with E-state index in [0.717, 1.165) is 22.2 Å². The van der Waals surface area contributed by atoms with Gasteiger partial charge in [0.1, 0.15) is 0 Å². The predicted octanol–water partition coefficient (Wildman–Crippen LogP) is 2.69. The molecule has 3 N–H and O–H groups in total. The molecule has 108 valence electrons. The fraction of sp³-hybridized carbons (Fsp3) is 0.250. The van der Waals surface area contributed by atoms with Gasteiger partial charge in [-0.1, -0.05) is 18.2 Å². The minimum atomic E-state index is -0.424. The molecule has 1 atom stereocenters. The van der Waals surface area contributed by atoms with Crippen LogP contribution in [0.2, 0.25) is 0 Å². The first-order valence-electron chi connectivity index (χ1n) is 6.85. The van der Waals surface area contributed by atoms with Crippen molar-refractivity contribution in [2.45, 2.75) is 26.8 Å². The molecule has 1 aromatic carbocycles. The Bertz CT molecular complexity index is 786. The Hall–Kier alpha value is -2.56. The number of fused-ring (bicyclic) bond motifs is 1. The molecular weight excluding hydrogens is 266 g/mol. The summed E-state index contributed by atoms with van der Waals surface area (Å²) in [5.74, 6) is -0.0466. The summed E-state index contributed by atoms with van der Waals surface area (Å²) in [6.45, 7) is 5.23. The summed E-state index contributed by atoms with van der Waals surface area (Å²) in [6, 6.07) is 7.18. The number of ketones is 1. The molecule has 2 amide bonds. The molecule has 0 radical (unpaired) electrons. The molecule has 2 heterocycles. The maximum Gasteiger partial charge on any atom is 0.319 e. The average molecular weight is 283 g/mol. The van der Waals surface area contributed by atoms with Crippen LogP contribution in [0.15, 0.2) is 35.5 Å². The molecule has 0 aliphatic carbocycles. The van der Waals surface area contributed by atoms with Crippen LogP contribution in [-0.2, 0) is 4.79 Å². The molecule has 0 saturated carbocycles. The van der Waals surface area contributed by atoms with Gasteiger partial charge >= 0.3 is 6.03 Å². The lowest BCUT2D eigenvalue weighted by atomic mass is 9.91. The zero-order valence-electron chi connectivity index (χ0n) is 12.2. The maximum absolute atomic E-state index is 12.0. The highest BCUT2D eigenvalue weighted by molar-refractivity contribution is 6.00. The lowest BCUT2D eigenvalue weighted by Gasteiger charge is -2.28. The third-order valence-electron chi connectivity index (χ3n) is 3.88. The number of urea groups is 1. The van der Waals surface area contributed by atoms with Gasteiger partial charge in [-0.25, -0.2) is 4.79 Å². The van der Waals surface area contributed by atoms with Gasteiger partial charge in [0.2, 0.25) is 0 Å². The van der Waals surface area contributed by atoms with Crippen LogP contribution in [0.1, 0.15) is 31.1 Å². The van der Waals surface area contributed by atoms with Gasteiger partial charge < -0.3 is 15.6 Å². The standard InChI is InChI=1S/C16H17N3O2/c1-8-13(10(3)20)15(19-16(21)18-8)14-9(2)17-12-7-5-4-6-11(12)14/h4-7,15,17H,1-3H3,(H2,18,19,21). The van der Waals surface area contributed by atoms with Gasteiger partial charge in [0.05, 0.1) is 6.04 Å². The molecule has 1 unspecified atom stereocenters. The molecule has 21 heavy (non-hydrogen) atoms. The topological polar surface area (TPSA) is 74.0 Å². The van der Waals surface area contributed by atoms with Crippen molar-refractivity contribution in [2.24, 2.45) is 0 Å². The Morgan fingerprint density at radius 1 is 1.19 bits per heavy atom. The summed E-state index contributed by atoms with van der Waals surface area (Å²) in [4.78, 5) is 27.1. The van der Waals surface area contributed by atoms with Crippen molar-refractivity contribution in [3.05, 3.63) is 46.8 Å². The van der Waals surface area contributed by atoms with E-state index in [1.54, 1.807) is 6.92 Å². The van der Waals surface area contributed by atoms with Gasteiger partial charge in [-0.05, 0) is 26.8 Å². The first-order valence-corrected chi connectivity index (χ1v) is 6.85. The monoisotopic (exact) mass is 283 g/mol. The van der Waals surface area contributed by atoms with Gasteiger partial charge in [-0.2, -0.15) is 0 Å². The number of carbonyl (C=O) groups is 2. The number of carbonyl (C=O) groups excluding carboxylic acids is 2. The van der Waals surface area contributed by atoms with E-state index in [2.05, 4.69) is 15.6 Å². The minimum Gasteiger partial charge on any atom is -0.358 e. The second-order valence-electron chi connectivity index (χ2n) is 5.34. The highest BCUT2D eigenvalue weighted by Crippen LogP contribution is 2.34. The van der Waals surface area contributed by atoms with Crippen molar-refractivity contribution in [1.29, 1.82) is 0 Å². The molecule has 5 heteroatoms. The van der Waals surface area contributed by atoms with Crippen molar-refractivity contribution >= 4 is 22.7 Å². The predicted molar refractivity (Wildman–Crippen MR) is 80.8 cm³/mol. The van der Waals surface area contributed by atoms with Crippen molar-refractivity contribution < 1.29 is 9.59 Å². The maximum atomic E-state index is 12.0. The molecule has 1 aromatic heterocycles. The lowest BCUT2D eigenvalue weighted by Crippen LogP contribution is -2.44. The number of benzene rings is 1. The van der Waals surface area contributed by atoms with E-state index < -0.39 is 6.04 Å². The summed E-state index contributed by atoms with van der Waals surface area (Å²) in [5, 5.41) is 6.56. The molecule has 0 fully saturated rings. The van der Waals surface area contributed by atoms with Crippen LogP contribution in [0.5, 0.6) is 0 Å². The number of allylic oxidation sites excluding steroid dienone is 1. The van der Waals surface area contributed by atoms with Crippen molar-refractivity contribution in [3.8, 4) is 0 Å². The van der Waals surface area contributed by atoms with Gasteiger partial charge in [0.15, 0.2) is 5.78 Å². The number of aromatic nitrogens is 1. The Morgan fingerprint density at radius 3 is 2.62 bits per heavy atom. The molecule has 0 spiro atoms. The van der Waals surface area contributed by atoms with E-state index in [1.165, 1.54) is 6.92 Å². The number of hydrogen-bond acceptors (Lipinski definition) is 2. The van der Waals surface area contributed by atoms with Crippen molar-refractivity contribution in [3.63, 3.8) is 0 Å². The van der Waals surface area contributed by atoms with Crippen LogP contribution in [0.4, 0.5) is 4.79 Å². The molecule has 3 rings (SSSR count). The Labute approximate surface area is 122 Å². The van der Waals surface area contributed by atoms with Gasteiger partial charge in [0, 0.05) is 33.4 Å². The van der Waals surface area contributed by atoms with Gasteiger partial charge in [-0.3, -0.25) is 4.79 Å². The number of aromatic amines is 1. The molecular formula is C16H17N3O2. The van der Waals surface area contributed by atoms with Crippen LogP contribution >= 0.6 is 0 Å². The van der Waals surface area contributed by atoms with Gasteiger partial charge in [-0.15, -0.1) is 0 Å². The van der Waals surface area contributed by atoms with E-state index in [0.29, 0.717) is 11.3 Å². The number of hydrogen-bond donors (Lipinski definition) is 3. The third-order valence-corrected chi connectivity index (χ3v) is 3.88. The minimum absolute atomic E-state index is 0.0466. The molecule has 1 aliphatic rings. The molecule has 0 saturated heterocycles. The SMILES string of the molecule is CC(=O)C1=C(C)NC(=O)NC1c1c(C)[nH]c2ccccc12. The molecule has 0 bridgehead atoms. The number of nitrogens with one attached hydrogen (secondary N) is 3. The second-order valence-corrected chi connectivity index (χ2v) is 5.34. The van der Waals surface area contributed by atoms with Crippen LogP contribution in [-0.4, -0.2) is 16.8 Å². The first-order chi connectivity index (χ1) is 9.99. The van der Waals surface area contributed by atoms with Crippen LogP contribution in [0.25, 0.3) is 10.9 Å². The molecule has 5 nitrogen and oxygen atoms in total. The number of rotatable bonds is 2. The number of Topliss-reactive ketones (excluding diaryl/α,β-unsaturated/α-hetero) is 1. The zero-order valence-corrected chi connectivity index (χ0v) is 12.2. The van der Waals surface area contributed by atoms with Crippen molar-refractivity contribution in [1.82, 2.24) is 15.6 Å².